The molecule has 0 atom stereocenters. The number of amides is 1. The highest BCUT2D eigenvalue weighted by Crippen LogP contribution is 2.14. The maximum absolute atomic E-state index is 12.5. The van der Waals surface area contributed by atoms with Crippen LogP contribution in [0.1, 0.15) is 42.3 Å². The lowest BCUT2D eigenvalue weighted by atomic mass is 10.0. The van der Waals surface area contributed by atoms with Crippen molar-refractivity contribution >= 4 is 15.9 Å². The molecule has 1 aliphatic heterocycles. The highest BCUT2D eigenvalue weighted by atomic mass is 32.2. The van der Waals surface area contributed by atoms with E-state index in [0.717, 1.165) is 38.9 Å². The van der Waals surface area contributed by atoms with E-state index in [4.69, 9.17) is 4.42 Å². The molecular weight excluding hydrogens is 378 g/mol. The average Bonchev–Trinajstić information content (AvgIpc) is 3.22. The second kappa shape index (κ2) is 9.36. The van der Waals surface area contributed by atoms with Crippen LogP contribution in [0.4, 0.5) is 0 Å². The predicted octanol–water partition coefficient (Wildman–Crippen LogP) is 2.36. The number of hydrogen-bond donors (Lipinski definition) is 2. The number of carbonyl (C=O) groups excluding carboxylic acids is 1. The molecule has 0 radical (unpaired) electrons. The fraction of sp³-hybridized carbons (Fsp3) is 0.450. The molecule has 1 aliphatic rings. The summed E-state index contributed by atoms with van der Waals surface area (Å²) in [6.45, 7) is 5.34. The molecular formula is C20H27N3O4S. The van der Waals surface area contributed by atoms with Gasteiger partial charge in [-0.25, -0.2) is 13.1 Å². The summed E-state index contributed by atoms with van der Waals surface area (Å²) >= 11 is 0. The Morgan fingerprint density at radius 1 is 1.18 bits per heavy atom. The molecule has 0 saturated carbocycles. The zero-order valence-corrected chi connectivity index (χ0v) is 16.9. The van der Waals surface area contributed by atoms with Crippen LogP contribution in [0.3, 0.4) is 0 Å². The SMILES string of the molecule is CCCN1CCC(NC(=O)c2ccc(S(=O)(=O)NCc3ccco3)cc2)CC1. The Kier molecular flexibility index (Phi) is 6.88. The first-order chi connectivity index (χ1) is 13.5. The maximum atomic E-state index is 12.5. The number of furan rings is 1. The zero-order valence-electron chi connectivity index (χ0n) is 16.1. The van der Waals surface area contributed by atoms with Crippen LogP contribution in [0, 0.1) is 0 Å². The second-order valence-corrected chi connectivity index (χ2v) is 8.78. The van der Waals surface area contributed by atoms with Crippen LogP contribution < -0.4 is 10.0 Å². The standard InChI is InChI=1S/C20H27N3O4S/c1-2-11-23-12-9-17(10-13-23)22-20(24)16-5-7-19(8-6-16)28(25,26)21-15-18-4-3-14-27-18/h3-8,14,17,21H,2,9-13,15H2,1H3,(H,22,24). The smallest absolute Gasteiger partial charge is 0.251 e. The van der Waals surface area contributed by atoms with Crippen LogP contribution in [-0.2, 0) is 16.6 Å². The normalized spacial score (nSPS) is 16.2. The number of carbonyl (C=O) groups is 1. The number of hydrogen-bond acceptors (Lipinski definition) is 5. The minimum Gasteiger partial charge on any atom is -0.468 e. The molecule has 7 nitrogen and oxygen atoms in total. The Morgan fingerprint density at radius 2 is 1.89 bits per heavy atom. The highest BCUT2D eigenvalue weighted by molar-refractivity contribution is 7.89. The zero-order chi connectivity index (χ0) is 20.0. The highest BCUT2D eigenvalue weighted by Gasteiger charge is 2.21. The Bertz CT molecular complexity index is 855. The number of piperidine rings is 1. The van der Waals surface area contributed by atoms with Gasteiger partial charge in [0.15, 0.2) is 0 Å². The Morgan fingerprint density at radius 3 is 2.50 bits per heavy atom. The minimum atomic E-state index is -3.66. The van der Waals surface area contributed by atoms with Crippen molar-refractivity contribution in [3.8, 4) is 0 Å². The molecule has 2 N–H and O–H groups in total. The van der Waals surface area contributed by atoms with Gasteiger partial charge in [-0.2, -0.15) is 0 Å². The summed E-state index contributed by atoms with van der Waals surface area (Å²) in [6.07, 6.45) is 4.51. The van der Waals surface area contributed by atoms with E-state index in [1.807, 2.05) is 0 Å². The summed E-state index contributed by atoms with van der Waals surface area (Å²) in [5, 5.41) is 3.06. The average molecular weight is 406 g/mol. The molecule has 2 aromatic rings. The summed E-state index contributed by atoms with van der Waals surface area (Å²) in [7, 11) is -3.66. The van der Waals surface area contributed by atoms with Crippen molar-refractivity contribution in [1.82, 2.24) is 14.9 Å². The summed E-state index contributed by atoms with van der Waals surface area (Å²) in [5.41, 5.74) is 0.459. The summed E-state index contributed by atoms with van der Waals surface area (Å²) in [5.74, 6) is 0.367. The summed E-state index contributed by atoms with van der Waals surface area (Å²) in [6, 6.07) is 9.55. The fourth-order valence-electron chi connectivity index (χ4n) is 3.33. The summed E-state index contributed by atoms with van der Waals surface area (Å²) < 4.78 is 32.3. The van der Waals surface area contributed by atoms with Gasteiger partial charge in [0.2, 0.25) is 10.0 Å². The van der Waals surface area contributed by atoms with Gasteiger partial charge in [-0.3, -0.25) is 4.79 Å². The van der Waals surface area contributed by atoms with Gasteiger partial charge in [-0.15, -0.1) is 0 Å². The Labute approximate surface area is 166 Å². The molecule has 28 heavy (non-hydrogen) atoms. The Hall–Kier alpha value is -2.16. The van der Waals surface area contributed by atoms with Crippen LogP contribution in [-0.4, -0.2) is 44.9 Å². The largest absolute Gasteiger partial charge is 0.468 e. The number of likely N-dealkylation sites (tertiary alicyclic amines) is 1. The molecule has 152 valence electrons. The minimum absolute atomic E-state index is 0.0777. The fourth-order valence-corrected chi connectivity index (χ4v) is 4.33. The van der Waals surface area contributed by atoms with Gasteiger partial charge in [0.25, 0.3) is 5.91 Å². The molecule has 8 heteroatoms. The quantitative estimate of drug-likeness (QED) is 0.703. The number of rotatable bonds is 8. The molecule has 3 rings (SSSR count). The molecule has 1 aromatic carbocycles. The third-order valence-electron chi connectivity index (χ3n) is 4.91. The van der Waals surface area contributed by atoms with Crippen molar-refractivity contribution in [2.45, 2.75) is 43.7 Å². The first kappa shape index (κ1) is 20.6. The van der Waals surface area contributed by atoms with Crippen molar-refractivity contribution in [2.24, 2.45) is 0 Å². The van der Waals surface area contributed by atoms with Gasteiger partial charge in [-0.05, 0) is 62.2 Å². The molecule has 0 spiro atoms. The number of sulfonamides is 1. The van der Waals surface area contributed by atoms with E-state index < -0.39 is 10.0 Å². The monoisotopic (exact) mass is 405 g/mol. The van der Waals surface area contributed by atoms with Crippen LogP contribution in [0.15, 0.2) is 52.0 Å². The molecule has 0 unspecified atom stereocenters. The van der Waals surface area contributed by atoms with E-state index >= 15 is 0 Å². The number of nitrogens with zero attached hydrogens (tertiary/aromatic N) is 1. The molecule has 1 saturated heterocycles. The predicted molar refractivity (Wildman–Crippen MR) is 106 cm³/mol. The van der Waals surface area contributed by atoms with Gasteiger partial charge >= 0.3 is 0 Å². The van der Waals surface area contributed by atoms with Gasteiger partial charge in [0.05, 0.1) is 17.7 Å². The van der Waals surface area contributed by atoms with E-state index in [1.165, 1.54) is 18.4 Å². The third kappa shape index (κ3) is 5.43. The van der Waals surface area contributed by atoms with E-state index in [9.17, 15) is 13.2 Å². The lowest BCUT2D eigenvalue weighted by Gasteiger charge is -2.32. The molecule has 1 amide bonds. The molecule has 1 fully saturated rings. The molecule has 1 aromatic heterocycles. The van der Waals surface area contributed by atoms with E-state index in [1.54, 1.807) is 24.3 Å². The van der Waals surface area contributed by atoms with Crippen LogP contribution in [0.25, 0.3) is 0 Å². The first-order valence-electron chi connectivity index (χ1n) is 9.63. The first-order valence-corrected chi connectivity index (χ1v) is 11.1. The molecule has 0 bridgehead atoms. The van der Waals surface area contributed by atoms with Gasteiger partial charge in [0, 0.05) is 24.7 Å². The summed E-state index contributed by atoms with van der Waals surface area (Å²) in [4.78, 5) is 15.0. The van der Waals surface area contributed by atoms with Crippen molar-refractivity contribution < 1.29 is 17.6 Å². The third-order valence-corrected chi connectivity index (χ3v) is 6.32. The van der Waals surface area contributed by atoms with Crippen molar-refractivity contribution in [3.63, 3.8) is 0 Å². The van der Waals surface area contributed by atoms with Crippen molar-refractivity contribution in [2.75, 3.05) is 19.6 Å². The molecule has 2 heterocycles. The van der Waals surface area contributed by atoms with Crippen molar-refractivity contribution in [1.29, 1.82) is 0 Å². The topological polar surface area (TPSA) is 91.7 Å². The van der Waals surface area contributed by atoms with E-state index in [0.29, 0.717) is 11.3 Å². The Balaban J connectivity index is 1.54. The lowest BCUT2D eigenvalue weighted by molar-refractivity contribution is 0.0911. The van der Waals surface area contributed by atoms with Gasteiger partial charge < -0.3 is 14.6 Å². The van der Waals surface area contributed by atoms with Crippen LogP contribution in [0.2, 0.25) is 0 Å². The van der Waals surface area contributed by atoms with Gasteiger partial charge in [-0.1, -0.05) is 6.92 Å². The van der Waals surface area contributed by atoms with Crippen LogP contribution in [0.5, 0.6) is 0 Å². The van der Waals surface area contributed by atoms with Crippen LogP contribution >= 0.6 is 0 Å². The second-order valence-electron chi connectivity index (χ2n) is 7.02. The number of benzene rings is 1. The van der Waals surface area contributed by atoms with E-state index in [2.05, 4.69) is 21.9 Å². The van der Waals surface area contributed by atoms with E-state index in [-0.39, 0.29) is 23.4 Å². The lowest BCUT2D eigenvalue weighted by Crippen LogP contribution is -2.44. The van der Waals surface area contributed by atoms with Crippen molar-refractivity contribution in [3.05, 3.63) is 54.0 Å². The molecule has 0 aliphatic carbocycles. The van der Waals surface area contributed by atoms with Gasteiger partial charge in [0.1, 0.15) is 5.76 Å². The number of nitrogens with one attached hydrogen (secondary N) is 2. The maximum Gasteiger partial charge on any atom is 0.251 e.